The third-order valence-electron chi connectivity index (χ3n) is 2.13. The molecule has 2 aliphatic heterocycles. The lowest BCUT2D eigenvalue weighted by molar-refractivity contribution is -0.124. The van der Waals surface area contributed by atoms with Gasteiger partial charge in [0.1, 0.15) is 12.5 Å². The third kappa shape index (κ3) is 0.783. The molecule has 0 atom stereocenters. The van der Waals surface area contributed by atoms with Crippen LogP contribution in [0.15, 0.2) is 41.2 Å². The van der Waals surface area contributed by atoms with E-state index in [0.717, 1.165) is 6.40 Å². The number of carbonyl (C=O) groups excluding carboxylic acids is 1. The summed E-state index contributed by atoms with van der Waals surface area (Å²) in [5, 5.41) is 0. The molecule has 2 heterocycles. The van der Waals surface area contributed by atoms with Crippen LogP contribution in [0.5, 0.6) is 0 Å². The summed E-state index contributed by atoms with van der Waals surface area (Å²) in [6, 6.07) is 0. The zero-order chi connectivity index (χ0) is 9.60. The number of fused-ring (bicyclic) bond motifs is 1. The highest BCUT2D eigenvalue weighted by atomic mass is 16.6. The molecule has 3 aliphatic rings. The standard InChI is InChI=1S/C9H5NO4/c11-8-9(14-5-10-8)3-6-7(4-9)13-2-1-12-6/h1-5H. The largest absolute Gasteiger partial charge is 0.458 e. The van der Waals surface area contributed by atoms with Crippen LogP contribution in [0.2, 0.25) is 0 Å². The van der Waals surface area contributed by atoms with E-state index in [9.17, 15) is 4.79 Å². The van der Waals surface area contributed by atoms with Crippen LogP contribution in [-0.4, -0.2) is 17.9 Å². The Morgan fingerprint density at radius 1 is 1.14 bits per heavy atom. The summed E-state index contributed by atoms with van der Waals surface area (Å²) < 4.78 is 15.4. The minimum absolute atomic E-state index is 0.376. The number of amides is 1. The predicted octanol–water partition coefficient (Wildman–Crippen LogP) is 0.610. The Morgan fingerprint density at radius 2 is 1.79 bits per heavy atom. The number of carbonyl (C=O) groups is 1. The first-order valence-corrected chi connectivity index (χ1v) is 3.99. The van der Waals surface area contributed by atoms with Crippen molar-refractivity contribution in [2.45, 2.75) is 5.60 Å². The lowest BCUT2D eigenvalue weighted by Crippen LogP contribution is -2.30. The van der Waals surface area contributed by atoms with Crippen LogP contribution in [0.1, 0.15) is 0 Å². The van der Waals surface area contributed by atoms with Crippen molar-refractivity contribution in [1.82, 2.24) is 0 Å². The number of nitrogens with zero attached hydrogens (tertiary/aromatic N) is 1. The number of hydrogen-bond donors (Lipinski definition) is 0. The van der Waals surface area contributed by atoms with Crippen molar-refractivity contribution in [2.75, 3.05) is 0 Å². The van der Waals surface area contributed by atoms with Crippen LogP contribution in [0, 0.1) is 0 Å². The van der Waals surface area contributed by atoms with Crippen molar-refractivity contribution in [2.24, 2.45) is 4.99 Å². The first kappa shape index (κ1) is 7.37. The molecule has 0 fully saturated rings. The molecule has 70 valence electrons. The van der Waals surface area contributed by atoms with Gasteiger partial charge < -0.3 is 14.2 Å². The monoisotopic (exact) mass is 191 g/mol. The summed E-state index contributed by atoms with van der Waals surface area (Å²) in [6.07, 6.45) is 6.99. The van der Waals surface area contributed by atoms with Crippen molar-refractivity contribution >= 4 is 12.3 Å². The Hall–Kier alpha value is -2.04. The minimum atomic E-state index is -1.14. The molecule has 0 N–H and O–H groups in total. The molecule has 0 radical (unpaired) electrons. The van der Waals surface area contributed by atoms with E-state index in [2.05, 4.69) is 4.99 Å². The second-order valence-corrected chi connectivity index (χ2v) is 2.98. The minimum Gasteiger partial charge on any atom is -0.458 e. The average molecular weight is 191 g/mol. The fourth-order valence-electron chi connectivity index (χ4n) is 1.46. The summed E-state index contributed by atoms with van der Waals surface area (Å²) in [6.45, 7) is 0. The molecule has 0 bridgehead atoms. The first-order chi connectivity index (χ1) is 6.80. The highest BCUT2D eigenvalue weighted by molar-refractivity contribution is 5.99. The molecule has 1 aliphatic carbocycles. The quantitative estimate of drug-likeness (QED) is 0.562. The molecule has 0 aromatic heterocycles. The molecule has 1 amide bonds. The SMILES string of the molecule is O=C1N=COC12C=C1OC=COC1=C2. The molecule has 0 saturated carbocycles. The van der Waals surface area contributed by atoms with E-state index in [0.29, 0.717) is 11.5 Å². The Balaban J connectivity index is 2.05. The Kier molecular flexibility index (Phi) is 1.19. The highest BCUT2D eigenvalue weighted by Crippen LogP contribution is 2.35. The fourth-order valence-corrected chi connectivity index (χ4v) is 1.46. The lowest BCUT2D eigenvalue weighted by atomic mass is 10.1. The zero-order valence-electron chi connectivity index (χ0n) is 6.97. The van der Waals surface area contributed by atoms with Gasteiger partial charge in [-0.15, -0.1) is 0 Å². The van der Waals surface area contributed by atoms with Gasteiger partial charge in [-0.2, -0.15) is 4.99 Å². The van der Waals surface area contributed by atoms with Crippen LogP contribution >= 0.6 is 0 Å². The van der Waals surface area contributed by atoms with Crippen molar-refractivity contribution in [3.8, 4) is 0 Å². The maximum Gasteiger partial charge on any atom is 0.301 e. The predicted molar refractivity (Wildman–Crippen MR) is 44.8 cm³/mol. The van der Waals surface area contributed by atoms with Crippen LogP contribution in [0.25, 0.3) is 0 Å². The molecule has 5 nitrogen and oxygen atoms in total. The second-order valence-electron chi connectivity index (χ2n) is 2.98. The van der Waals surface area contributed by atoms with Gasteiger partial charge in [0.25, 0.3) is 0 Å². The van der Waals surface area contributed by atoms with Gasteiger partial charge in [0.15, 0.2) is 17.9 Å². The highest BCUT2D eigenvalue weighted by Gasteiger charge is 2.46. The smallest absolute Gasteiger partial charge is 0.301 e. The zero-order valence-corrected chi connectivity index (χ0v) is 6.97. The Bertz CT molecular complexity index is 406. The maximum atomic E-state index is 11.4. The van der Waals surface area contributed by atoms with Crippen molar-refractivity contribution in [3.63, 3.8) is 0 Å². The summed E-state index contributed by atoms with van der Waals surface area (Å²) in [5.74, 6) is 0.580. The first-order valence-electron chi connectivity index (χ1n) is 3.99. The van der Waals surface area contributed by atoms with Gasteiger partial charge in [-0.25, -0.2) is 0 Å². The molecular formula is C9H5NO4. The average Bonchev–Trinajstić information content (AvgIpc) is 2.71. The molecule has 1 spiro atoms. The molecular weight excluding hydrogens is 186 g/mol. The molecule has 0 aromatic rings. The van der Waals surface area contributed by atoms with E-state index in [1.807, 2.05) is 0 Å². The number of hydrogen-bond acceptors (Lipinski definition) is 4. The number of rotatable bonds is 0. The molecule has 0 unspecified atom stereocenters. The van der Waals surface area contributed by atoms with E-state index in [4.69, 9.17) is 14.2 Å². The van der Waals surface area contributed by atoms with E-state index in [1.54, 1.807) is 12.2 Å². The van der Waals surface area contributed by atoms with E-state index >= 15 is 0 Å². The van der Waals surface area contributed by atoms with Gasteiger partial charge in [-0.05, 0) is 0 Å². The molecule has 3 rings (SSSR count). The van der Waals surface area contributed by atoms with E-state index in [-0.39, 0.29) is 5.91 Å². The van der Waals surface area contributed by atoms with E-state index < -0.39 is 5.60 Å². The number of aliphatic imine (C=N–C) groups is 1. The van der Waals surface area contributed by atoms with E-state index in [1.165, 1.54) is 12.5 Å². The van der Waals surface area contributed by atoms with Crippen LogP contribution in [0.3, 0.4) is 0 Å². The molecule has 5 heteroatoms. The lowest BCUT2D eigenvalue weighted by Gasteiger charge is -2.12. The summed E-state index contributed by atoms with van der Waals surface area (Å²) in [7, 11) is 0. The van der Waals surface area contributed by atoms with Crippen LogP contribution in [-0.2, 0) is 19.0 Å². The van der Waals surface area contributed by atoms with Gasteiger partial charge in [-0.1, -0.05) is 0 Å². The van der Waals surface area contributed by atoms with Gasteiger partial charge >= 0.3 is 5.91 Å². The summed E-state index contributed by atoms with van der Waals surface area (Å²) in [4.78, 5) is 14.9. The van der Waals surface area contributed by atoms with Crippen molar-refractivity contribution < 1.29 is 19.0 Å². The summed E-state index contributed by atoms with van der Waals surface area (Å²) >= 11 is 0. The Morgan fingerprint density at radius 3 is 2.29 bits per heavy atom. The topological polar surface area (TPSA) is 57.1 Å². The van der Waals surface area contributed by atoms with Crippen LogP contribution in [0.4, 0.5) is 0 Å². The second kappa shape index (κ2) is 2.25. The van der Waals surface area contributed by atoms with Gasteiger partial charge in [0.05, 0.1) is 0 Å². The van der Waals surface area contributed by atoms with Crippen molar-refractivity contribution in [1.29, 1.82) is 0 Å². The van der Waals surface area contributed by atoms with Crippen molar-refractivity contribution in [3.05, 3.63) is 36.2 Å². The maximum absolute atomic E-state index is 11.4. The fraction of sp³-hybridized carbons (Fsp3) is 0.111. The third-order valence-corrected chi connectivity index (χ3v) is 2.13. The van der Waals surface area contributed by atoms with Gasteiger partial charge in [0, 0.05) is 12.2 Å². The molecule has 14 heavy (non-hydrogen) atoms. The molecule has 0 saturated heterocycles. The number of ether oxygens (including phenoxy) is 3. The normalized spacial score (nSPS) is 25.0. The summed E-state index contributed by atoms with van der Waals surface area (Å²) in [5.41, 5.74) is -1.14. The Labute approximate surface area is 79.0 Å². The van der Waals surface area contributed by atoms with Gasteiger partial charge in [0.2, 0.25) is 5.60 Å². The van der Waals surface area contributed by atoms with Gasteiger partial charge in [-0.3, -0.25) is 4.79 Å². The molecule has 0 aromatic carbocycles. The van der Waals surface area contributed by atoms with Crippen LogP contribution < -0.4 is 0 Å².